The van der Waals surface area contributed by atoms with Gasteiger partial charge in [-0.1, -0.05) is 31.9 Å². The Morgan fingerprint density at radius 1 is 1.21 bits per heavy atom. The van der Waals surface area contributed by atoms with Crippen LogP contribution in [0, 0.1) is 11.7 Å². The normalized spacial score (nSPS) is 25.9. The van der Waals surface area contributed by atoms with Crippen molar-refractivity contribution in [1.29, 1.82) is 0 Å². The molecule has 1 aromatic carbocycles. The lowest BCUT2D eigenvalue weighted by atomic mass is 9.70. The summed E-state index contributed by atoms with van der Waals surface area (Å²) in [4.78, 5) is 0. The molecule has 0 aliphatic heterocycles. The van der Waals surface area contributed by atoms with E-state index in [2.05, 4.69) is 6.92 Å². The van der Waals surface area contributed by atoms with Crippen molar-refractivity contribution in [2.75, 3.05) is 0 Å². The Bertz CT molecular complexity index is 283. The molecule has 0 unspecified atom stereocenters. The summed E-state index contributed by atoms with van der Waals surface area (Å²) in [6.45, 7) is 2.24. The Kier molecular flexibility index (Phi) is 2.85. The van der Waals surface area contributed by atoms with E-state index in [1.54, 1.807) is 12.1 Å². The van der Waals surface area contributed by atoms with Crippen molar-refractivity contribution in [3.05, 3.63) is 35.6 Å². The van der Waals surface area contributed by atoms with Crippen molar-refractivity contribution in [3.63, 3.8) is 0 Å². The molecule has 0 atom stereocenters. The minimum absolute atomic E-state index is 0.127. The summed E-state index contributed by atoms with van der Waals surface area (Å²) < 4.78 is 12.7. The van der Waals surface area contributed by atoms with Gasteiger partial charge in [-0.15, -0.1) is 0 Å². The van der Waals surface area contributed by atoms with Gasteiger partial charge < -0.3 is 0 Å². The van der Waals surface area contributed by atoms with Crippen molar-refractivity contribution in [1.82, 2.24) is 0 Å². The second-order valence-corrected chi connectivity index (χ2v) is 4.37. The van der Waals surface area contributed by atoms with Gasteiger partial charge in [0.15, 0.2) is 0 Å². The van der Waals surface area contributed by atoms with Gasteiger partial charge in [-0.3, -0.25) is 0 Å². The lowest BCUT2D eigenvalue weighted by molar-refractivity contribution is 0.246. The van der Waals surface area contributed by atoms with Crippen LogP contribution in [0.5, 0.6) is 0 Å². The molecule has 0 saturated heterocycles. The fraction of sp³-hybridized carbons (Fsp3) is 0.538. The van der Waals surface area contributed by atoms with Crippen LogP contribution in [-0.4, -0.2) is 0 Å². The van der Waals surface area contributed by atoms with Gasteiger partial charge in [-0.05, 0) is 42.4 Å². The first-order valence-corrected chi connectivity index (χ1v) is 5.55. The van der Waals surface area contributed by atoms with E-state index < -0.39 is 0 Å². The zero-order valence-electron chi connectivity index (χ0n) is 8.67. The third-order valence-electron chi connectivity index (χ3n) is 3.27. The van der Waals surface area contributed by atoms with E-state index in [4.69, 9.17) is 0 Å². The Hall–Kier alpha value is -0.850. The average Bonchev–Trinajstić information content (AvgIpc) is 2.13. The average molecular weight is 192 g/mol. The number of hydrogen-bond donors (Lipinski definition) is 0. The molecule has 0 N–H and O–H groups in total. The summed E-state index contributed by atoms with van der Waals surface area (Å²) in [6, 6.07) is 7.01. The van der Waals surface area contributed by atoms with E-state index in [0.717, 1.165) is 5.92 Å². The van der Waals surface area contributed by atoms with Gasteiger partial charge in [0.2, 0.25) is 0 Å². The molecule has 1 saturated carbocycles. The molecule has 2 rings (SSSR count). The molecule has 0 heterocycles. The minimum Gasteiger partial charge on any atom is -0.207 e. The van der Waals surface area contributed by atoms with Crippen LogP contribution in [0.4, 0.5) is 4.39 Å². The van der Waals surface area contributed by atoms with E-state index in [-0.39, 0.29) is 5.82 Å². The topological polar surface area (TPSA) is 0 Å². The fourth-order valence-electron chi connectivity index (χ4n) is 2.39. The van der Waals surface area contributed by atoms with E-state index in [0.29, 0.717) is 5.92 Å². The smallest absolute Gasteiger partial charge is 0.123 e. The van der Waals surface area contributed by atoms with Gasteiger partial charge >= 0.3 is 0 Å². The van der Waals surface area contributed by atoms with Crippen molar-refractivity contribution < 1.29 is 4.39 Å². The van der Waals surface area contributed by atoms with Crippen LogP contribution in [0.1, 0.15) is 44.1 Å². The molecule has 14 heavy (non-hydrogen) atoms. The van der Waals surface area contributed by atoms with Crippen molar-refractivity contribution in [2.24, 2.45) is 5.92 Å². The summed E-state index contributed by atoms with van der Waals surface area (Å²) in [6.07, 6.45) is 5.26. The third-order valence-corrected chi connectivity index (χ3v) is 3.27. The Morgan fingerprint density at radius 2 is 1.86 bits per heavy atom. The molecule has 0 spiro atoms. The summed E-state index contributed by atoms with van der Waals surface area (Å²) in [5.41, 5.74) is 1.32. The molecule has 0 radical (unpaired) electrons. The molecular weight excluding hydrogens is 175 g/mol. The molecule has 1 aliphatic carbocycles. The van der Waals surface area contributed by atoms with E-state index in [1.165, 1.54) is 31.2 Å². The Morgan fingerprint density at radius 3 is 2.43 bits per heavy atom. The first-order valence-electron chi connectivity index (χ1n) is 5.55. The molecule has 1 aliphatic rings. The van der Waals surface area contributed by atoms with E-state index in [1.807, 2.05) is 12.1 Å². The minimum atomic E-state index is -0.127. The molecule has 0 bridgehead atoms. The van der Waals surface area contributed by atoms with E-state index >= 15 is 0 Å². The van der Waals surface area contributed by atoms with Gasteiger partial charge in [0.25, 0.3) is 0 Å². The van der Waals surface area contributed by atoms with Gasteiger partial charge in [0.05, 0.1) is 0 Å². The summed E-state index contributed by atoms with van der Waals surface area (Å²) >= 11 is 0. The number of hydrogen-bond acceptors (Lipinski definition) is 0. The fourth-order valence-corrected chi connectivity index (χ4v) is 2.39. The van der Waals surface area contributed by atoms with Crippen molar-refractivity contribution >= 4 is 0 Å². The van der Waals surface area contributed by atoms with Gasteiger partial charge in [0, 0.05) is 0 Å². The largest absolute Gasteiger partial charge is 0.207 e. The van der Waals surface area contributed by atoms with Crippen LogP contribution in [0.2, 0.25) is 0 Å². The lowest BCUT2D eigenvalue weighted by Gasteiger charge is -2.35. The molecule has 1 heteroatoms. The molecule has 1 aromatic rings. The molecule has 0 aromatic heterocycles. The maximum atomic E-state index is 12.7. The summed E-state index contributed by atoms with van der Waals surface area (Å²) in [5, 5.41) is 0. The molecule has 0 amide bonds. The summed E-state index contributed by atoms with van der Waals surface area (Å²) in [5.74, 6) is 1.50. The van der Waals surface area contributed by atoms with Crippen LogP contribution < -0.4 is 0 Å². The zero-order chi connectivity index (χ0) is 9.97. The SMILES string of the molecule is CCCC1CC(c2ccc(F)cc2)C1. The summed E-state index contributed by atoms with van der Waals surface area (Å²) in [7, 11) is 0. The molecule has 76 valence electrons. The lowest BCUT2D eigenvalue weighted by Crippen LogP contribution is -2.21. The van der Waals surface area contributed by atoms with Crippen molar-refractivity contribution in [3.8, 4) is 0 Å². The van der Waals surface area contributed by atoms with Crippen LogP contribution in [-0.2, 0) is 0 Å². The highest BCUT2D eigenvalue weighted by Gasteiger charge is 2.29. The predicted molar refractivity (Wildman–Crippen MR) is 56.8 cm³/mol. The van der Waals surface area contributed by atoms with Gasteiger partial charge in [-0.2, -0.15) is 0 Å². The van der Waals surface area contributed by atoms with Crippen LogP contribution in [0.15, 0.2) is 24.3 Å². The highest BCUT2D eigenvalue weighted by molar-refractivity contribution is 5.22. The molecular formula is C13H17F. The predicted octanol–water partition coefficient (Wildman–Crippen LogP) is 4.12. The van der Waals surface area contributed by atoms with E-state index in [9.17, 15) is 4.39 Å². The Balaban J connectivity index is 1.90. The Labute approximate surface area is 85.1 Å². The monoisotopic (exact) mass is 192 g/mol. The van der Waals surface area contributed by atoms with Crippen molar-refractivity contribution in [2.45, 2.75) is 38.5 Å². The molecule has 0 nitrogen and oxygen atoms in total. The van der Waals surface area contributed by atoms with Crippen LogP contribution >= 0.6 is 0 Å². The highest BCUT2D eigenvalue weighted by atomic mass is 19.1. The van der Waals surface area contributed by atoms with Gasteiger partial charge in [-0.25, -0.2) is 4.39 Å². The highest BCUT2D eigenvalue weighted by Crippen LogP contribution is 2.43. The maximum Gasteiger partial charge on any atom is 0.123 e. The second kappa shape index (κ2) is 4.12. The number of benzene rings is 1. The maximum absolute atomic E-state index is 12.7. The zero-order valence-corrected chi connectivity index (χ0v) is 8.67. The first kappa shape index (κ1) is 9.70. The molecule has 1 fully saturated rings. The number of rotatable bonds is 3. The van der Waals surface area contributed by atoms with Gasteiger partial charge in [0.1, 0.15) is 5.82 Å². The quantitative estimate of drug-likeness (QED) is 0.675. The number of halogens is 1. The second-order valence-electron chi connectivity index (χ2n) is 4.37. The first-order chi connectivity index (χ1) is 6.79. The standard InChI is InChI=1S/C13H17F/c1-2-3-10-8-12(9-10)11-4-6-13(14)7-5-11/h4-7,10,12H,2-3,8-9H2,1H3. The third kappa shape index (κ3) is 1.97. The van der Waals surface area contributed by atoms with Crippen LogP contribution in [0.3, 0.4) is 0 Å². The van der Waals surface area contributed by atoms with Crippen LogP contribution in [0.25, 0.3) is 0 Å².